The number of aromatic nitrogens is 2. The summed E-state index contributed by atoms with van der Waals surface area (Å²) >= 11 is 17.8. The van der Waals surface area contributed by atoms with Crippen molar-refractivity contribution in [2.45, 2.75) is 11.6 Å². The molecule has 0 atom stereocenters. The van der Waals surface area contributed by atoms with Crippen molar-refractivity contribution in [3.63, 3.8) is 0 Å². The number of imidazole rings is 1. The van der Waals surface area contributed by atoms with Gasteiger partial charge in [0, 0.05) is 30.7 Å². The van der Waals surface area contributed by atoms with E-state index in [1.165, 1.54) is 17.9 Å². The van der Waals surface area contributed by atoms with Crippen molar-refractivity contribution in [1.82, 2.24) is 13.9 Å². The van der Waals surface area contributed by atoms with Gasteiger partial charge in [-0.25, -0.2) is 13.4 Å². The molecule has 0 saturated heterocycles. The molecule has 2 aromatic rings. The molecule has 1 aromatic heterocycles. The first-order chi connectivity index (χ1) is 9.73. The molecule has 0 amide bonds. The van der Waals surface area contributed by atoms with Crippen LogP contribution < -0.4 is 0 Å². The predicted octanol–water partition coefficient (Wildman–Crippen LogP) is 3.20. The molecule has 1 aromatic carbocycles. The van der Waals surface area contributed by atoms with Crippen LogP contribution in [0.1, 0.15) is 5.56 Å². The number of hydrogen-bond acceptors (Lipinski definition) is 3. The Morgan fingerprint density at radius 3 is 2.48 bits per heavy atom. The Kier molecular flexibility index (Phi) is 4.85. The monoisotopic (exact) mass is 367 g/mol. The fourth-order valence-corrected chi connectivity index (χ4v) is 3.68. The number of halogens is 3. The number of sulfonamides is 1. The van der Waals surface area contributed by atoms with E-state index in [4.69, 9.17) is 34.8 Å². The minimum Gasteiger partial charge on any atom is -0.324 e. The second kappa shape index (κ2) is 6.14. The number of rotatable bonds is 4. The van der Waals surface area contributed by atoms with Gasteiger partial charge in [0.1, 0.15) is 5.15 Å². The van der Waals surface area contributed by atoms with Crippen LogP contribution in [0, 0.1) is 0 Å². The quantitative estimate of drug-likeness (QED) is 0.832. The van der Waals surface area contributed by atoms with Gasteiger partial charge in [0.15, 0.2) is 0 Å². The molecule has 0 aliphatic heterocycles. The van der Waals surface area contributed by atoms with Crippen molar-refractivity contribution in [2.75, 3.05) is 7.05 Å². The summed E-state index contributed by atoms with van der Waals surface area (Å²) in [6.45, 7) is 0.0885. The Balaban J connectivity index is 2.31. The fraction of sp³-hybridized carbons (Fsp3) is 0.250. The second-order valence-electron chi connectivity index (χ2n) is 4.45. The average Bonchev–Trinajstić information content (AvgIpc) is 2.73. The lowest BCUT2D eigenvalue weighted by atomic mass is 10.2. The van der Waals surface area contributed by atoms with E-state index in [9.17, 15) is 8.42 Å². The first kappa shape index (κ1) is 16.6. The summed E-state index contributed by atoms with van der Waals surface area (Å²) in [5, 5.41) is 0.766. The third kappa shape index (κ3) is 3.35. The van der Waals surface area contributed by atoms with Gasteiger partial charge < -0.3 is 4.57 Å². The number of aryl methyl sites for hydroxylation is 1. The van der Waals surface area contributed by atoms with E-state index in [0.717, 1.165) is 4.31 Å². The van der Waals surface area contributed by atoms with Crippen molar-refractivity contribution in [2.24, 2.45) is 7.05 Å². The van der Waals surface area contributed by atoms with Crippen LogP contribution in [0.4, 0.5) is 0 Å². The smallest absolute Gasteiger partial charge is 0.263 e. The summed E-state index contributed by atoms with van der Waals surface area (Å²) < 4.78 is 27.5. The summed E-state index contributed by atoms with van der Waals surface area (Å²) in [6, 6.07) is 4.89. The third-order valence-electron chi connectivity index (χ3n) is 2.90. The van der Waals surface area contributed by atoms with E-state index in [1.807, 2.05) is 0 Å². The van der Waals surface area contributed by atoms with E-state index in [0.29, 0.717) is 15.6 Å². The standard InChI is InChI=1S/C12H12Cl3N3O2S/c1-17-7-16-12(11(17)15)21(19,20)18(2)6-8-3-4-9(13)5-10(8)14/h3-5,7H,6H2,1-2H3. The molecular weight excluding hydrogens is 357 g/mol. The summed E-state index contributed by atoms with van der Waals surface area (Å²) in [6.07, 6.45) is 1.35. The lowest BCUT2D eigenvalue weighted by Crippen LogP contribution is -2.27. The normalized spacial score (nSPS) is 12.1. The van der Waals surface area contributed by atoms with Gasteiger partial charge in [0.25, 0.3) is 10.0 Å². The molecule has 0 unspecified atom stereocenters. The Labute approximate surface area is 138 Å². The van der Waals surface area contributed by atoms with Gasteiger partial charge in [-0.2, -0.15) is 4.31 Å². The zero-order valence-electron chi connectivity index (χ0n) is 11.2. The Morgan fingerprint density at radius 2 is 1.95 bits per heavy atom. The molecular formula is C12H12Cl3N3O2S. The second-order valence-corrected chi connectivity index (χ2v) is 7.61. The molecule has 9 heteroatoms. The number of benzene rings is 1. The van der Waals surface area contributed by atoms with Crippen LogP contribution >= 0.6 is 34.8 Å². The molecule has 0 aliphatic carbocycles. The lowest BCUT2D eigenvalue weighted by molar-refractivity contribution is 0.464. The van der Waals surface area contributed by atoms with Gasteiger partial charge in [-0.05, 0) is 17.7 Å². The Hall–Kier alpha value is -0.790. The van der Waals surface area contributed by atoms with Gasteiger partial charge in [0.05, 0.1) is 6.33 Å². The van der Waals surface area contributed by atoms with Crippen LogP contribution in [0.2, 0.25) is 15.2 Å². The van der Waals surface area contributed by atoms with Crippen molar-refractivity contribution in [3.8, 4) is 0 Å². The molecule has 5 nitrogen and oxygen atoms in total. The Bertz CT molecular complexity index is 774. The maximum Gasteiger partial charge on any atom is 0.263 e. The van der Waals surface area contributed by atoms with Gasteiger partial charge in [-0.15, -0.1) is 0 Å². The molecule has 0 saturated carbocycles. The van der Waals surface area contributed by atoms with Gasteiger partial charge in [-0.1, -0.05) is 40.9 Å². The molecule has 1 heterocycles. The minimum absolute atomic E-state index is 0.0593. The van der Waals surface area contributed by atoms with Crippen molar-refractivity contribution >= 4 is 44.8 Å². The first-order valence-electron chi connectivity index (χ1n) is 5.80. The highest BCUT2D eigenvalue weighted by Crippen LogP contribution is 2.26. The SMILES string of the molecule is CN(Cc1ccc(Cl)cc1Cl)S(=O)(=O)c1ncn(C)c1Cl. The number of hydrogen-bond donors (Lipinski definition) is 0. The third-order valence-corrected chi connectivity index (χ3v) is 5.78. The highest BCUT2D eigenvalue weighted by atomic mass is 35.5. The largest absolute Gasteiger partial charge is 0.324 e. The van der Waals surface area contributed by atoms with Gasteiger partial charge in [-0.3, -0.25) is 0 Å². The molecule has 0 aliphatic rings. The molecule has 0 spiro atoms. The van der Waals surface area contributed by atoms with Crippen molar-refractivity contribution in [1.29, 1.82) is 0 Å². The molecule has 2 rings (SSSR count). The van der Waals surface area contributed by atoms with Crippen LogP contribution in [0.5, 0.6) is 0 Å². The van der Waals surface area contributed by atoms with Crippen LogP contribution in [0.25, 0.3) is 0 Å². The van der Waals surface area contributed by atoms with Crippen LogP contribution in [0.3, 0.4) is 0 Å². The van der Waals surface area contributed by atoms with E-state index in [-0.39, 0.29) is 16.7 Å². The van der Waals surface area contributed by atoms with Crippen LogP contribution in [-0.2, 0) is 23.6 Å². The van der Waals surface area contributed by atoms with E-state index < -0.39 is 10.0 Å². The summed E-state index contributed by atoms with van der Waals surface area (Å²) in [7, 11) is -0.745. The van der Waals surface area contributed by atoms with Crippen molar-refractivity contribution < 1.29 is 8.42 Å². The molecule has 0 fully saturated rings. The summed E-state index contributed by atoms with van der Waals surface area (Å²) in [5.41, 5.74) is 0.638. The van der Waals surface area contributed by atoms with E-state index >= 15 is 0 Å². The fourth-order valence-electron chi connectivity index (χ4n) is 1.69. The average molecular weight is 369 g/mol. The van der Waals surface area contributed by atoms with Gasteiger partial charge in [0.2, 0.25) is 5.03 Å². The predicted molar refractivity (Wildman–Crippen MR) is 83.3 cm³/mol. The minimum atomic E-state index is -3.80. The van der Waals surface area contributed by atoms with Crippen LogP contribution in [-0.4, -0.2) is 29.3 Å². The summed E-state index contributed by atoms with van der Waals surface area (Å²) in [4.78, 5) is 3.83. The van der Waals surface area contributed by atoms with E-state index in [2.05, 4.69) is 4.98 Å². The number of nitrogens with zero attached hydrogens (tertiary/aromatic N) is 3. The van der Waals surface area contributed by atoms with Crippen molar-refractivity contribution in [3.05, 3.63) is 45.3 Å². The first-order valence-corrected chi connectivity index (χ1v) is 8.38. The zero-order chi connectivity index (χ0) is 15.8. The molecule has 0 radical (unpaired) electrons. The molecule has 21 heavy (non-hydrogen) atoms. The summed E-state index contributed by atoms with van der Waals surface area (Å²) in [5.74, 6) is 0. The topological polar surface area (TPSA) is 55.2 Å². The molecule has 114 valence electrons. The highest BCUT2D eigenvalue weighted by molar-refractivity contribution is 7.89. The molecule has 0 bridgehead atoms. The van der Waals surface area contributed by atoms with Crippen LogP contribution in [0.15, 0.2) is 29.6 Å². The highest BCUT2D eigenvalue weighted by Gasteiger charge is 2.27. The van der Waals surface area contributed by atoms with E-state index in [1.54, 1.807) is 25.2 Å². The maximum atomic E-state index is 12.4. The Morgan fingerprint density at radius 1 is 1.29 bits per heavy atom. The molecule has 0 N–H and O–H groups in total. The zero-order valence-corrected chi connectivity index (χ0v) is 14.3. The van der Waals surface area contributed by atoms with Gasteiger partial charge >= 0.3 is 0 Å². The lowest BCUT2D eigenvalue weighted by Gasteiger charge is -2.17. The maximum absolute atomic E-state index is 12.4.